The van der Waals surface area contributed by atoms with E-state index in [1.165, 1.54) is 0 Å². The molecule has 4 nitrogen and oxygen atoms in total. The quantitative estimate of drug-likeness (QED) is 0.783. The normalized spacial score (nSPS) is 16.8. The first kappa shape index (κ1) is 14.6. The van der Waals surface area contributed by atoms with Crippen molar-refractivity contribution >= 4 is 34.8 Å². The van der Waals surface area contributed by atoms with E-state index < -0.39 is 5.60 Å². The molecule has 0 unspecified atom stereocenters. The predicted octanol–water partition coefficient (Wildman–Crippen LogP) is 2.44. The zero-order valence-electron chi connectivity index (χ0n) is 10.4. The molecule has 1 aliphatic carbocycles. The second-order valence-electron chi connectivity index (χ2n) is 4.83. The average molecular weight is 303 g/mol. The molecule has 19 heavy (non-hydrogen) atoms. The lowest BCUT2D eigenvalue weighted by atomic mass is 9.80. The molecule has 1 fully saturated rings. The molecule has 0 atom stereocenters. The van der Waals surface area contributed by atoms with Gasteiger partial charge >= 0.3 is 0 Å². The molecule has 0 bridgehead atoms. The highest BCUT2D eigenvalue weighted by Gasteiger charge is 2.33. The fraction of sp³-hybridized carbons (Fsp3) is 0.462. The molecule has 0 radical (unpaired) electrons. The van der Waals surface area contributed by atoms with E-state index in [-0.39, 0.29) is 12.5 Å². The van der Waals surface area contributed by atoms with E-state index in [9.17, 15) is 9.90 Å². The zero-order valence-corrected chi connectivity index (χ0v) is 11.9. The van der Waals surface area contributed by atoms with Gasteiger partial charge in [-0.25, -0.2) is 0 Å². The van der Waals surface area contributed by atoms with Crippen molar-refractivity contribution in [2.75, 3.05) is 18.4 Å². The number of amides is 1. The molecular formula is C13H16Cl2N2O2. The first-order valence-electron chi connectivity index (χ1n) is 6.17. The monoisotopic (exact) mass is 302 g/mol. The second kappa shape index (κ2) is 6.09. The summed E-state index contributed by atoms with van der Waals surface area (Å²) in [6, 6.07) is 5.03. The molecule has 0 saturated heterocycles. The van der Waals surface area contributed by atoms with Crippen molar-refractivity contribution in [3.05, 3.63) is 28.2 Å². The molecule has 104 valence electrons. The van der Waals surface area contributed by atoms with Gasteiger partial charge in [-0.1, -0.05) is 29.3 Å². The Labute approximate surface area is 122 Å². The predicted molar refractivity (Wildman–Crippen MR) is 76.8 cm³/mol. The highest BCUT2D eigenvalue weighted by molar-refractivity contribution is 6.39. The summed E-state index contributed by atoms with van der Waals surface area (Å²) in [5.74, 6) is -0.238. The van der Waals surface area contributed by atoms with E-state index in [0.29, 0.717) is 22.3 Å². The van der Waals surface area contributed by atoms with Crippen LogP contribution in [0.5, 0.6) is 0 Å². The van der Waals surface area contributed by atoms with Gasteiger partial charge < -0.3 is 15.7 Å². The van der Waals surface area contributed by atoms with Crippen molar-refractivity contribution in [1.82, 2.24) is 5.32 Å². The molecule has 1 amide bonds. The summed E-state index contributed by atoms with van der Waals surface area (Å²) < 4.78 is 0. The Morgan fingerprint density at radius 1 is 1.32 bits per heavy atom. The molecule has 0 aromatic heterocycles. The number of hydrogen-bond donors (Lipinski definition) is 3. The van der Waals surface area contributed by atoms with Crippen LogP contribution in [0.3, 0.4) is 0 Å². The Bertz CT molecular complexity index is 455. The van der Waals surface area contributed by atoms with Crippen LogP contribution in [0.2, 0.25) is 10.0 Å². The van der Waals surface area contributed by atoms with E-state index >= 15 is 0 Å². The van der Waals surface area contributed by atoms with Gasteiger partial charge in [0.15, 0.2) is 0 Å². The van der Waals surface area contributed by atoms with Crippen LogP contribution < -0.4 is 10.6 Å². The number of benzene rings is 1. The van der Waals surface area contributed by atoms with Crippen molar-refractivity contribution in [2.45, 2.75) is 24.9 Å². The minimum Gasteiger partial charge on any atom is -0.389 e. The van der Waals surface area contributed by atoms with E-state index in [0.717, 1.165) is 19.3 Å². The first-order valence-corrected chi connectivity index (χ1v) is 6.93. The van der Waals surface area contributed by atoms with Gasteiger partial charge in [0.25, 0.3) is 0 Å². The molecule has 1 aromatic rings. The van der Waals surface area contributed by atoms with Crippen LogP contribution in [-0.2, 0) is 4.79 Å². The maximum absolute atomic E-state index is 11.7. The number of nitrogens with one attached hydrogen (secondary N) is 2. The Morgan fingerprint density at radius 3 is 2.47 bits per heavy atom. The largest absolute Gasteiger partial charge is 0.389 e. The van der Waals surface area contributed by atoms with Gasteiger partial charge in [-0.2, -0.15) is 0 Å². The third kappa shape index (κ3) is 3.83. The fourth-order valence-electron chi connectivity index (χ4n) is 1.97. The molecule has 0 aliphatic heterocycles. The molecule has 1 aromatic carbocycles. The summed E-state index contributed by atoms with van der Waals surface area (Å²) in [5, 5.41) is 16.3. The Morgan fingerprint density at radius 2 is 1.95 bits per heavy atom. The summed E-state index contributed by atoms with van der Waals surface area (Å²) in [7, 11) is 0. The molecule has 0 heterocycles. The Hall–Kier alpha value is -0.810. The van der Waals surface area contributed by atoms with Crippen LogP contribution >= 0.6 is 23.2 Å². The van der Waals surface area contributed by atoms with Crippen LogP contribution in [0.15, 0.2) is 18.2 Å². The SMILES string of the molecule is O=C(CNCC1(O)CCC1)Nc1c(Cl)cccc1Cl. The van der Waals surface area contributed by atoms with Gasteiger partial charge in [0.1, 0.15) is 0 Å². The number of aliphatic hydroxyl groups is 1. The van der Waals surface area contributed by atoms with Crippen LogP contribution in [0.1, 0.15) is 19.3 Å². The highest BCUT2D eigenvalue weighted by Crippen LogP contribution is 2.31. The average Bonchev–Trinajstić information content (AvgIpc) is 2.32. The number of anilines is 1. The molecule has 3 N–H and O–H groups in total. The van der Waals surface area contributed by atoms with Gasteiger partial charge in [-0.3, -0.25) is 4.79 Å². The standard InChI is InChI=1S/C13H16Cl2N2O2/c14-9-3-1-4-10(15)12(9)17-11(18)7-16-8-13(19)5-2-6-13/h1,3-4,16,19H,2,5-8H2,(H,17,18). The molecule has 0 spiro atoms. The van der Waals surface area contributed by atoms with Crippen LogP contribution in [0, 0.1) is 0 Å². The van der Waals surface area contributed by atoms with Crippen LogP contribution in [0.25, 0.3) is 0 Å². The van der Waals surface area contributed by atoms with Gasteiger partial charge in [0.2, 0.25) is 5.91 Å². The summed E-state index contributed by atoms with van der Waals surface area (Å²) in [5.41, 5.74) is -0.220. The first-order chi connectivity index (χ1) is 9.00. The molecule has 6 heteroatoms. The van der Waals surface area contributed by atoms with Crippen LogP contribution in [0.4, 0.5) is 5.69 Å². The van der Waals surface area contributed by atoms with Gasteiger partial charge in [-0.05, 0) is 31.4 Å². The fourth-order valence-corrected chi connectivity index (χ4v) is 2.46. The van der Waals surface area contributed by atoms with E-state index in [1.54, 1.807) is 18.2 Å². The molecular weight excluding hydrogens is 287 g/mol. The number of hydrogen-bond acceptors (Lipinski definition) is 3. The highest BCUT2D eigenvalue weighted by atomic mass is 35.5. The molecule has 2 rings (SSSR count). The van der Waals surface area contributed by atoms with E-state index in [1.807, 2.05) is 0 Å². The van der Waals surface area contributed by atoms with Gasteiger partial charge in [0, 0.05) is 6.54 Å². The van der Waals surface area contributed by atoms with Crippen molar-refractivity contribution in [1.29, 1.82) is 0 Å². The zero-order chi connectivity index (χ0) is 13.9. The second-order valence-corrected chi connectivity index (χ2v) is 5.64. The summed E-state index contributed by atoms with van der Waals surface area (Å²) in [4.78, 5) is 11.7. The van der Waals surface area contributed by atoms with E-state index in [2.05, 4.69) is 10.6 Å². The lowest BCUT2D eigenvalue weighted by molar-refractivity contribution is -0.115. The third-order valence-electron chi connectivity index (χ3n) is 3.25. The van der Waals surface area contributed by atoms with Crippen molar-refractivity contribution < 1.29 is 9.90 Å². The van der Waals surface area contributed by atoms with Crippen molar-refractivity contribution in [2.24, 2.45) is 0 Å². The smallest absolute Gasteiger partial charge is 0.238 e. The summed E-state index contributed by atoms with van der Waals surface area (Å²) in [6.07, 6.45) is 2.62. The number of rotatable bonds is 5. The lowest BCUT2D eigenvalue weighted by Crippen LogP contribution is -2.47. The number of carbonyl (C=O) groups excluding carboxylic acids is 1. The topological polar surface area (TPSA) is 61.4 Å². The number of para-hydroxylation sites is 1. The molecule has 1 aliphatic rings. The van der Waals surface area contributed by atoms with Crippen molar-refractivity contribution in [3.8, 4) is 0 Å². The van der Waals surface area contributed by atoms with Gasteiger partial charge in [0.05, 0.1) is 27.9 Å². The minimum atomic E-state index is -0.637. The Balaban J connectivity index is 1.81. The maximum Gasteiger partial charge on any atom is 0.238 e. The summed E-state index contributed by atoms with van der Waals surface area (Å²) >= 11 is 11.9. The van der Waals surface area contributed by atoms with Crippen LogP contribution in [-0.4, -0.2) is 29.7 Å². The molecule has 1 saturated carbocycles. The third-order valence-corrected chi connectivity index (χ3v) is 3.88. The van der Waals surface area contributed by atoms with E-state index in [4.69, 9.17) is 23.2 Å². The maximum atomic E-state index is 11.7. The van der Waals surface area contributed by atoms with Gasteiger partial charge in [-0.15, -0.1) is 0 Å². The van der Waals surface area contributed by atoms with Crippen molar-refractivity contribution in [3.63, 3.8) is 0 Å². The minimum absolute atomic E-state index is 0.115. The number of carbonyl (C=O) groups is 1. The Kier molecular flexibility index (Phi) is 4.68. The summed E-state index contributed by atoms with van der Waals surface area (Å²) in [6.45, 7) is 0.542. The number of halogens is 2. The lowest BCUT2D eigenvalue weighted by Gasteiger charge is -2.36.